The maximum Gasteiger partial charge on any atom is 0.122 e. The number of aldehydes is 1. The lowest BCUT2D eigenvalue weighted by atomic mass is 10.1. The lowest BCUT2D eigenvalue weighted by molar-refractivity contribution is -0.108. The predicted molar refractivity (Wildman–Crippen MR) is 55.9 cm³/mol. The van der Waals surface area contributed by atoms with Crippen LogP contribution >= 0.6 is 15.9 Å². The van der Waals surface area contributed by atoms with Crippen LogP contribution in [-0.2, 0) is 11.2 Å². The molecule has 0 saturated carbocycles. The molecule has 2 nitrogen and oxygen atoms in total. The Morgan fingerprint density at radius 1 is 1.62 bits per heavy atom. The highest BCUT2D eigenvalue weighted by atomic mass is 79.9. The number of anilines is 1. The summed E-state index contributed by atoms with van der Waals surface area (Å²) in [5.41, 5.74) is 2.45. The smallest absolute Gasteiger partial charge is 0.122 e. The Hall–Kier alpha value is -0.830. The molecule has 1 aromatic carbocycles. The third-order valence-corrected chi connectivity index (χ3v) is 2.77. The summed E-state index contributed by atoms with van der Waals surface area (Å²) in [6.07, 6.45) is 2.51. The average Bonchev–Trinajstić information content (AvgIpc) is 2.46. The van der Waals surface area contributed by atoms with E-state index in [0.29, 0.717) is 12.5 Å². The molecule has 1 N–H and O–H groups in total. The van der Waals surface area contributed by atoms with Gasteiger partial charge >= 0.3 is 0 Å². The molecule has 0 spiro atoms. The fraction of sp³-hybridized carbons (Fsp3) is 0.300. The van der Waals surface area contributed by atoms with Gasteiger partial charge in [0.25, 0.3) is 0 Å². The normalized spacial score (nSPS) is 19.3. The van der Waals surface area contributed by atoms with Crippen molar-refractivity contribution in [1.82, 2.24) is 0 Å². The number of carbonyl (C=O) groups is 1. The number of carbonyl (C=O) groups excluding carboxylic acids is 1. The molecule has 13 heavy (non-hydrogen) atoms. The molecule has 0 amide bonds. The van der Waals surface area contributed by atoms with Crippen LogP contribution in [0.4, 0.5) is 5.69 Å². The average molecular weight is 240 g/mol. The molecule has 0 aromatic heterocycles. The third kappa shape index (κ3) is 1.75. The largest absolute Gasteiger partial charge is 0.381 e. The van der Waals surface area contributed by atoms with Gasteiger partial charge in [-0.15, -0.1) is 0 Å². The minimum atomic E-state index is 0.293. The number of hydrogen-bond acceptors (Lipinski definition) is 2. The van der Waals surface area contributed by atoms with E-state index in [4.69, 9.17) is 0 Å². The summed E-state index contributed by atoms with van der Waals surface area (Å²) in [7, 11) is 0. The van der Waals surface area contributed by atoms with Gasteiger partial charge < -0.3 is 10.1 Å². The molecule has 0 radical (unpaired) electrons. The zero-order chi connectivity index (χ0) is 9.26. The minimum absolute atomic E-state index is 0.293. The second-order valence-corrected chi connectivity index (χ2v) is 4.16. The van der Waals surface area contributed by atoms with E-state index in [1.807, 2.05) is 12.1 Å². The molecule has 1 aromatic rings. The molecule has 2 rings (SSSR count). The number of nitrogens with one attached hydrogen (secondary N) is 1. The van der Waals surface area contributed by atoms with Gasteiger partial charge in [-0.25, -0.2) is 0 Å². The molecule has 3 heteroatoms. The van der Waals surface area contributed by atoms with Crippen molar-refractivity contribution in [2.24, 2.45) is 0 Å². The van der Waals surface area contributed by atoms with Crippen molar-refractivity contribution < 1.29 is 4.79 Å². The first-order valence-corrected chi connectivity index (χ1v) is 5.07. The van der Waals surface area contributed by atoms with Crippen LogP contribution in [0.2, 0.25) is 0 Å². The second-order valence-electron chi connectivity index (χ2n) is 3.25. The van der Waals surface area contributed by atoms with E-state index < -0.39 is 0 Å². The van der Waals surface area contributed by atoms with Gasteiger partial charge in [0.1, 0.15) is 6.29 Å². The Balaban J connectivity index is 2.20. The van der Waals surface area contributed by atoms with Crippen molar-refractivity contribution in [3.05, 3.63) is 28.2 Å². The van der Waals surface area contributed by atoms with E-state index in [1.54, 1.807) is 0 Å². The number of halogens is 1. The van der Waals surface area contributed by atoms with Crippen molar-refractivity contribution >= 4 is 27.9 Å². The van der Waals surface area contributed by atoms with Crippen molar-refractivity contribution in [1.29, 1.82) is 0 Å². The van der Waals surface area contributed by atoms with Gasteiger partial charge in [-0.1, -0.05) is 15.9 Å². The SMILES string of the molecule is O=CCC1Cc2cc(Br)ccc2N1. The van der Waals surface area contributed by atoms with Gasteiger partial charge in [0.15, 0.2) is 0 Å². The topological polar surface area (TPSA) is 29.1 Å². The fourth-order valence-electron chi connectivity index (χ4n) is 1.67. The van der Waals surface area contributed by atoms with Gasteiger partial charge in [-0.2, -0.15) is 0 Å². The molecule has 0 fully saturated rings. The van der Waals surface area contributed by atoms with Crippen molar-refractivity contribution in [3.63, 3.8) is 0 Å². The predicted octanol–water partition coefficient (Wildman–Crippen LogP) is 2.37. The summed E-state index contributed by atoms with van der Waals surface area (Å²) in [6, 6.07) is 6.45. The highest BCUT2D eigenvalue weighted by Crippen LogP contribution is 2.29. The van der Waals surface area contributed by atoms with Gasteiger partial charge in [-0.3, -0.25) is 0 Å². The highest BCUT2D eigenvalue weighted by Gasteiger charge is 2.19. The van der Waals surface area contributed by atoms with E-state index >= 15 is 0 Å². The molecule has 0 saturated heterocycles. The lowest BCUT2D eigenvalue weighted by Gasteiger charge is -2.05. The summed E-state index contributed by atoms with van der Waals surface area (Å²) in [5.74, 6) is 0. The minimum Gasteiger partial charge on any atom is -0.381 e. The molecular weight excluding hydrogens is 230 g/mol. The van der Waals surface area contributed by atoms with E-state index in [1.165, 1.54) is 5.56 Å². The molecule has 0 bridgehead atoms. The van der Waals surface area contributed by atoms with Crippen LogP contribution in [0.5, 0.6) is 0 Å². The van der Waals surface area contributed by atoms with Crippen LogP contribution in [0.3, 0.4) is 0 Å². The lowest BCUT2D eigenvalue weighted by Crippen LogP contribution is -2.15. The Morgan fingerprint density at radius 3 is 3.23 bits per heavy atom. The van der Waals surface area contributed by atoms with Gasteiger partial charge in [-0.05, 0) is 30.2 Å². The maximum atomic E-state index is 10.3. The Labute approximate surface area is 85.5 Å². The monoisotopic (exact) mass is 239 g/mol. The molecule has 0 aliphatic carbocycles. The number of benzene rings is 1. The van der Waals surface area contributed by atoms with Gasteiger partial charge in [0, 0.05) is 22.6 Å². The van der Waals surface area contributed by atoms with Crippen molar-refractivity contribution in [2.75, 3.05) is 5.32 Å². The maximum absolute atomic E-state index is 10.3. The molecule has 1 unspecified atom stereocenters. The first-order valence-electron chi connectivity index (χ1n) is 4.28. The van der Waals surface area contributed by atoms with E-state index in [9.17, 15) is 4.79 Å². The van der Waals surface area contributed by atoms with Crippen molar-refractivity contribution in [2.45, 2.75) is 18.9 Å². The summed E-state index contributed by atoms with van der Waals surface area (Å²) in [6.45, 7) is 0. The van der Waals surface area contributed by atoms with E-state index in [0.717, 1.165) is 22.9 Å². The third-order valence-electron chi connectivity index (χ3n) is 2.27. The van der Waals surface area contributed by atoms with Crippen LogP contribution in [-0.4, -0.2) is 12.3 Å². The number of fused-ring (bicyclic) bond motifs is 1. The number of rotatable bonds is 2. The summed E-state index contributed by atoms with van der Waals surface area (Å²) in [5, 5.41) is 3.31. The quantitative estimate of drug-likeness (QED) is 0.804. The van der Waals surface area contributed by atoms with Gasteiger partial charge in [0.2, 0.25) is 0 Å². The zero-order valence-electron chi connectivity index (χ0n) is 7.09. The van der Waals surface area contributed by atoms with Crippen molar-refractivity contribution in [3.8, 4) is 0 Å². The Bertz CT molecular complexity index is 338. The number of hydrogen-bond donors (Lipinski definition) is 1. The summed E-state index contributed by atoms with van der Waals surface area (Å²) >= 11 is 3.43. The van der Waals surface area contributed by atoms with E-state index in [-0.39, 0.29) is 0 Å². The second kappa shape index (κ2) is 3.50. The van der Waals surface area contributed by atoms with Gasteiger partial charge in [0.05, 0.1) is 0 Å². The van der Waals surface area contributed by atoms with Crippen LogP contribution in [0, 0.1) is 0 Å². The fourth-order valence-corrected chi connectivity index (χ4v) is 2.08. The summed E-state index contributed by atoms with van der Waals surface area (Å²) < 4.78 is 1.10. The molecule has 68 valence electrons. The molecule has 1 atom stereocenters. The van der Waals surface area contributed by atoms with Crippen LogP contribution in [0.1, 0.15) is 12.0 Å². The molecule has 1 heterocycles. The zero-order valence-corrected chi connectivity index (χ0v) is 8.67. The molecule has 1 aliphatic rings. The molecule has 1 aliphatic heterocycles. The Morgan fingerprint density at radius 2 is 2.46 bits per heavy atom. The van der Waals surface area contributed by atoms with Crippen LogP contribution in [0.15, 0.2) is 22.7 Å². The Kier molecular flexibility index (Phi) is 2.36. The summed E-state index contributed by atoms with van der Waals surface area (Å²) in [4.78, 5) is 10.3. The highest BCUT2D eigenvalue weighted by molar-refractivity contribution is 9.10. The first-order chi connectivity index (χ1) is 6.29. The first kappa shape index (κ1) is 8.75. The van der Waals surface area contributed by atoms with Crippen LogP contribution < -0.4 is 5.32 Å². The standard InChI is InChI=1S/C10H10BrNO/c11-8-1-2-10-7(5-8)6-9(12-10)3-4-13/h1-2,4-5,9,12H,3,6H2. The van der Waals surface area contributed by atoms with E-state index in [2.05, 4.69) is 27.3 Å². The van der Waals surface area contributed by atoms with Crippen LogP contribution in [0.25, 0.3) is 0 Å². The molecular formula is C10H10BrNO.